The van der Waals surface area contributed by atoms with Crippen molar-refractivity contribution in [3.8, 4) is 0 Å². The molecular weight excluding hydrogens is 232 g/mol. The topological polar surface area (TPSA) is 87.0 Å². The fraction of sp³-hybridized carbons (Fsp3) is 0.750. The summed E-state index contributed by atoms with van der Waals surface area (Å²) >= 11 is 0. The van der Waals surface area contributed by atoms with Gasteiger partial charge in [0, 0.05) is 0 Å². The molecule has 1 aromatic heterocycles. The molecule has 6 nitrogen and oxygen atoms in total. The molecule has 0 amide bonds. The van der Waals surface area contributed by atoms with Crippen LogP contribution >= 0.6 is 0 Å². The van der Waals surface area contributed by atoms with Gasteiger partial charge in [0.25, 0.3) is 0 Å². The van der Waals surface area contributed by atoms with Gasteiger partial charge in [0.1, 0.15) is 5.69 Å². The molecule has 6 heteroatoms. The molecule has 18 heavy (non-hydrogen) atoms. The summed E-state index contributed by atoms with van der Waals surface area (Å²) in [5, 5.41) is 15.2. The Labute approximate surface area is 106 Å². The number of aryl methyl sites for hydroxylation is 1. The number of hydrogen-bond acceptors (Lipinski definition) is 4. The van der Waals surface area contributed by atoms with Crippen LogP contribution in [-0.2, 0) is 0 Å². The van der Waals surface area contributed by atoms with Crippen molar-refractivity contribution in [2.24, 2.45) is 11.8 Å². The predicted molar refractivity (Wildman–Crippen MR) is 69.2 cm³/mol. The predicted octanol–water partition coefficient (Wildman–Crippen LogP) is 2.68. The molecule has 0 radical (unpaired) electrons. The van der Waals surface area contributed by atoms with E-state index in [1.807, 2.05) is 0 Å². The highest BCUT2D eigenvalue weighted by molar-refractivity contribution is 5.56. The molecule has 2 N–H and O–H groups in total. The van der Waals surface area contributed by atoms with Crippen molar-refractivity contribution in [2.75, 3.05) is 5.73 Å². The largest absolute Gasteiger partial charge is 0.378 e. The lowest BCUT2D eigenvalue weighted by Gasteiger charge is -2.33. The van der Waals surface area contributed by atoms with Gasteiger partial charge in [0.2, 0.25) is 5.82 Å². The molecule has 3 atom stereocenters. The first-order valence-electron chi connectivity index (χ1n) is 6.40. The fourth-order valence-electron chi connectivity index (χ4n) is 2.88. The third-order valence-electron chi connectivity index (χ3n) is 4.00. The number of nitrogens with zero attached hydrogens (tertiary/aromatic N) is 3. The highest BCUT2D eigenvalue weighted by atomic mass is 16.6. The molecule has 0 spiro atoms. The molecule has 0 aromatic carbocycles. The summed E-state index contributed by atoms with van der Waals surface area (Å²) in [6.45, 7) is 6.01. The number of rotatable bonds is 2. The molecule has 1 saturated carbocycles. The quantitative estimate of drug-likeness (QED) is 0.647. The lowest BCUT2D eigenvalue weighted by Crippen LogP contribution is -2.26. The van der Waals surface area contributed by atoms with Gasteiger partial charge >= 0.3 is 5.69 Å². The minimum absolute atomic E-state index is 0.0413. The van der Waals surface area contributed by atoms with Crippen molar-refractivity contribution in [2.45, 2.75) is 46.1 Å². The Kier molecular flexibility index (Phi) is 3.28. The van der Waals surface area contributed by atoms with Gasteiger partial charge in [0.15, 0.2) is 0 Å². The fourth-order valence-corrected chi connectivity index (χ4v) is 2.88. The standard InChI is InChI=1S/C12H20N4O2/c1-7-4-5-8(2)10(6-7)15-12(13)11(16(17)18)9(3)14-15/h7-8,10H,4-6,13H2,1-3H3. The van der Waals surface area contributed by atoms with Crippen molar-refractivity contribution >= 4 is 11.5 Å². The molecule has 3 unspecified atom stereocenters. The van der Waals surface area contributed by atoms with E-state index in [0.29, 0.717) is 17.5 Å². The molecule has 1 aliphatic rings. The highest BCUT2D eigenvalue weighted by Crippen LogP contribution is 2.39. The first-order chi connectivity index (χ1) is 8.41. The van der Waals surface area contributed by atoms with E-state index in [-0.39, 0.29) is 17.5 Å². The summed E-state index contributed by atoms with van der Waals surface area (Å²) < 4.78 is 1.67. The van der Waals surface area contributed by atoms with Crippen LogP contribution in [0.1, 0.15) is 44.8 Å². The smallest absolute Gasteiger partial charge is 0.333 e. The van der Waals surface area contributed by atoms with Crippen molar-refractivity contribution in [3.63, 3.8) is 0 Å². The van der Waals surface area contributed by atoms with Crippen LogP contribution in [0, 0.1) is 28.9 Å². The Morgan fingerprint density at radius 3 is 2.67 bits per heavy atom. The van der Waals surface area contributed by atoms with Gasteiger partial charge in [-0.3, -0.25) is 10.1 Å². The summed E-state index contributed by atoms with van der Waals surface area (Å²) in [5.41, 5.74) is 6.27. The maximum absolute atomic E-state index is 11.0. The van der Waals surface area contributed by atoms with Gasteiger partial charge in [-0.25, -0.2) is 4.68 Å². The van der Waals surface area contributed by atoms with E-state index in [1.54, 1.807) is 11.6 Å². The number of aromatic nitrogens is 2. The molecule has 0 bridgehead atoms. The van der Waals surface area contributed by atoms with Gasteiger partial charge < -0.3 is 5.73 Å². The number of nitrogen functional groups attached to an aromatic ring is 1. The lowest BCUT2D eigenvalue weighted by atomic mass is 9.80. The summed E-state index contributed by atoms with van der Waals surface area (Å²) in [5.74, 6) is 1.28. The molecule has 0 saturated heterocycles. The first kappa shape index (κ1) is 12.9. The SMILES string of the molecule is Cc1nn(C2CC(C)CCC2C)c(N)c1[N+](=O)[O-]. The van der Waals surface area contributed by atoms with E-state index in [0.717, 1.165) is 12.8 Å². The van der Waals surface area contributed by atoms with Crippen molar-refractivity contribution in [1.82, 2.24) is 9.78 Å². The minimum atomic E-state index is -0.439. The van der Waals surface area contributed by atoms with Gasteiger partial charge in [-0.05, 0) is 31.6 Å². The van der Waals surface area contributed by atoms with E-state index in [4.69, 9.17) is 5.73 Å². The molecule has 100 valence electrons. The zero-order valence-corrected chi connectivity index (χ0v) is 11.1. The Morgan fingerprint density at radius 1 is 1.44 bits per heavy atom. The molecule has 1 fully saturated rings. The minimum Gasteiger partial charge on any atom is -0.378 e. The van der Waals surface area contributed by atoms with Crippen LogP contribution in [-0.4, -0.2) is 14.7 Å². The Balaban J connectivity index is 2.38. The number of nitro groups is 1. The Bertz CT molecular complexity index is 469. The van der Waals surface area contributed by atoms with Gasteiger partial charge in [-0.2, -0.15) is 5.10 Å². The molecule has 2 rings (SSSR count). The second kappa shape index (κ2) is 4.59. The summed E-state index contributed by atoms with van der Waals surface area (Å²) in [4.78, 5) is 10.5. The zero-order valence-electron chi connectivity index (χ0n) is 11.1. The van der Waals surface area contributed by atoms with Crippen LogP contribution in [0.4, 0.5) is 11.5 Å². The first-order valence-corrected chi connectivity index (χ1v) is 6.40. The van der Waals surface area contributed by atoms with Crippen LogP contribution in [0.2, 0.25) is 0 Å². The maximum Gasteiger partial charge on any atom is 0.333 e. The Morgan fingerprint density at radius 2 is 2.11 bits per heavy atom. The Hall–Kier alpha value is -1.59. The molecular formula is C12H20N4O2. The van der Waals surface area contributed by atoms with Gasteiger partial charge in [-0.15, -0.1) is 0 Å². The van der Waals surface area contributed by atoms with Crippen molar-refractivity contribution in [1.29, 1.82) is 0 Å². The van der Waals surface area contributed by atoms with E-state index >= 15 is 0 Å². The molecule has 1 aromatic rings. The third kappa shape index (κ3) is 2.07. The zero-order chi connectivity index (χ0) is 13.4. The second-order valence-corrected chi connectivity index (χ2v) is 5.48. The number of nitrogens with two attached hydrogens (primary N) is 1. The van der Waals surface area contributed by atoms with E-state index in [1.165, 1.54) is 6.42 Å². The summed E-state index contributed by atoms with van der Waals surface area (Å²) in [6, 6.07) is 0.182. The third-order valence-corrected chi connectivity index (χ3v) is 4.00. The summed E-state index contributed by atoms with van der Waals surface area (Å²) in [7, 11) is 0. The normalized spacial score (nSPS) is 28.3. The van der Waals surface area contributed by atoms with E-state index in [9.17, 15) is 10.1 Å². The number of anilines is 1. The van der Waals surface area contributed by atoms with Crippen LogP contribution in [0.15, 0.2) is 0 Å². The van der Waals surface area contributed by atoms with Crippen LogP contribution in [0.25, 0.3) is 0 Å². The lowest BCUT2D eigenvalue weighted by molar-refractivity contribution is -0.384. The van der Waals surface area contributed by atoms with Crippen LogP contribution in [0.3, 0.4) is 0 Å². The van der Waals surface area contributed by atoms with Crippen molar-refractivity contribution in [3.05, 3.63) is 15.8 Å². The van der Waals surface area contributed by atoms with Gasteiger partial charge in [-0.1, -0.05) is 20.3 Å². The molecule has 1 heterocycles. The van der Waals surface area contributed by atoms with Crippen molar-refractivity contribution < 1.29 is 4.92 Å². The average molecular weight is 252 g/mol. The number of hydrogen-bond donors (Lipinski definition) is 1. The highest BCUT2D eigenvalue weighted by Gasteiger charge is 2.32. The molecule has 0 aliphatic heterocycles. The van der Waals surface area contributed by atoms with Gasteiger partial charge in [0.05, 0.1) is 11.0 Å². The van der Waals surface area contributed by atoms with E-state index < -0.39 is 4.92 Å². The van der Waals surface area contributed by atoms with Crippen LogP contribution in [0.5, 0.6) is 0 Å². The second-order valence-electron chi connectivity index (χ2n) is 5.48. The molecule has 1 aliphatic carbocycles. The van der Waals surface area contributed by atoms with Crippen LogP contribution < -0.4 is 5.73 Å². The average Bonchev–Trinajstić information content (AvgIpc) is 2.57. The van der Waals surface area contributed by atoms with E-state index in [2.05, 4.69) is 18.9 Å². The monoisotopic (exact) mass is 252 g/mol. The summed E-state index contributed by atoms with van der Waals surface area (Å²) in [6.07, 6.45) is 3.32. The maximum atomic E-state index is 11.0.